The van der Waals surface area contributed by atoms with Crippen molar-refractivity contribution in [1.82, 2.24) is 19.5 Å². The summed E-state index contributed by atoms with van der Waals surface area (Å²) in [6.45, 7) is 0.509. The van der Waals surface area contributed by atoms with Crippen LogP contribution in [0.1, 0.15) is 24.6 Å². The second-order valence-electron chi connectivity index (χ2n) is 4.62. The van der Waals surface area contributed by atoms with E-state index in [2.05, 4.69) is 15.0 Å². The van der Waals surface area contributed by atoms with Crippen molar-refractivity contribution < 1.29 is 9.90 Å². The molecule has 3 rings (SSSR count). The minimum absolute atomic E-state index is 0.241. The average molecular weight is 272 g/mol. The van der Waals surface area contributed by atoms with Crippen molar-refractivity contribution in [3.8, 4) is 11.4 Å². The van der Waals surface area contributed by atoms with Gasteiger partial charge in [0.05, 0.1) is 11.4 Å². The maximum Gasteiger partial charge on any atom is 0.314 e. The van der Waals surface area contributed by atoms with Gasteiger partial charge in [-0.1, -0.05) is 0 Å². The number of nitrogens with zero attached hydrogens (tertiary/aromatic N) is 4. The number of hydrogen-bond acceptors (Lipinski definition) is 5. The Kier molecular flexibility index (Phi) is 3.02. The fraction of sp³-hybridized carbons (Fsp3) is 0.308. The third kappa shape index (κ3) is 2.07. The number of aliphatic carboxylic acids is 1. The van der Waals surface area contributed by atoms with Crippen LogP contribution in [-0.4, -0.2) is 30.6 Å². The van der Waals surface area contributed by atoms with Crippen molar-refractivity contribution in [2.75, 3.05) is 0 Å². The molecule has 3 heterocycles. The molecule has 0 fully saturated rings. The van der Waals surface area contributed by atoms with E-state index in [4.69, 9.17) is 0 Å². The highest BCUT2D eigenvalue weighted by Gasteiger charge is 2.29. The maximum absolute atomic E-state index is 12.1. The van der Waals surface area contributed by atoms with Gasteiger partial charge < -0.3 is 5.11 Å². The Morgan fingerprint density at radius 1 is 1.40 bits per heavy atom. The minimum atomic E-state index is -0.954. The maximum atomic E-state index is 12.1. The predicted octanol–water partition coefficient (Wildman–Crippen LogP) is 0.662. The molecule has 1 N–H and O–H groups in total. The summed E-state index contributed by atoms with van der Waals surface area (Å²) in [5, 5.41) is 9.26. The molecule has 0 radical (unpaired) electrons. The van der Waals surface area contributed by atoms with Crippen molar-refractivity contribution in [2.24, 2.45) is 0 Å². The van der Waals surface area contributed by atoms with Gasteiger partial charge >= 0.3 is 5.97 Å². The van der Waals surface area contributed by atoms with Crippen LogP contribution in [0.25, 0.3) is 11.4 Å². The normalized spacial score (nSPS) is 17.5. The molecule has 0 aliphatic carbocycles. The van der Waals surface area contributed by atoms with E-state index in [0.29, 0.717) is 36.6 Å². The summed E-state index contributed by atoms with van der Waals surface area (Å²) >= 11 is 0. The number of carbonyl (C=O) groups is 1. The smallest absolute Gasteiger partial charge is 0.314 e. The third-order valence-corrected chi connectivity index (χ3v) is 3.37. The number of rotatable bonds is 2. The molecule has 0 amide bonds. The van der Waals surface area contributed by atoms with Crippen LogP contribution in [0, 0.1) is 0 Å². The standard InChI is InChI=1S/C13H12N4O3/c18-11-6-10(9-3-4-14-7-15-9)16-12-8(13(19)20)2-1-5-17(11)12/h3-4,6-8H,1-2,5H2,(H,19,20). The van der Waals surface area contributed by atoms with Crippen LogP contribution in [0.3, 0.4) is 0 Å². The SMILES string of the molecule is O=C(O)C1CCCn2c1nc(-c1ccncn1)cc2=O. The lowest BCUT2D eigenvalue weighted by molar-refractivity contribution is -0.139. The van der Waals surface area contributed by atoms with Gasteiger partial charge in [0.1, 0.15) is 18.1 Å². The number of fused-ring (bicyclic) bond motifs is 1. The summed E-state index contributed by atoms with van der Waals surface area (Å²) in [4.78, 5) is 35.6. The van der Waals surface area contributed by atoms with Crippen LogP contribution >= 0.6 is 0 Å². The van der Waals surface area contributed by atoms with Crippen LogP contribution < -0.4 is 5.56 Å². The first-order valence-corrected chi connectivity index (χ1v) is 6.28. The average Bonchev–Trinajstić information content (AvgIpc) is 2.47. The molecule has 1 atom stereocenters. The molecule has 7 heteroatoms. The van der Waals surface area contributed by atoms with Gasteiger partial charge in [-0.2, -0.15) is 0 Å². The van der Waals surface area contributed by atoms with E-state index in [0.717, 1.165) is 0 Å². The Bertz CT molecular complexity index is 711. The van der Waals surface area contributed by atoms with Gasteiger partial charge in [-0.05, 0) is 18.9 Å². The molecular formula is C13H12N4O3. The Balaban J connectivity index is 2.17. The molecule has 2 aromatic heterocycles. The fourth-order valence-corrected chi connectivity index (χ4v) is 2.40. The van der Waals surface area contributed by atoms with Crippen LogP contribution in [-0.2, 0) is 11.3 Å². The Morgan fingerprint density at radius 2 is 2.25 bits per heavy atom. The molecule has 0 spiro atoms. The van der Waals surface area contributed by atoms with Crippen molar-refractivity contribution in [2.45, 2.75) is 25.3 Å². The molecule has 1 aliphatic rings. The largest absolute Gasteiger partial charge is 0.481 e. The molecule has 20 heavy (non-hydrogen) atoms. The lowest BCUT2D eigenvalue weighted by atomic mass is 9.98. The zero-order chi connectivity index (χ0) is 14.1. The Hall–Kier alpha value is -2.57. The number of aromatic nitrogens is 4. The summed E-state index contributed by atoms with van der Waals surface area (Å²) in [6, 6.07) is 3.02. The first kappa shape index (κ1) is 12.5. The Labute approximate surface area is 114 Å². The van der Waals surface area contributed by atoms with E-state index >= 15 is 0 Å². The molecule has 2 aromatic rings. The highest BCUT2D eigenvalue weighted by atomic mass is 16.4. The lowest BCUT2D eigenvalue weighted by Crippen LogP contribution is -2.33. The van der Waals surface area contributed by atoms with Crippen molar-refractivity contribution >= 4 is 5.97 Å². The topological polar surface area (TPSA) is 98.0 Å². The number of hydrogen-bond donors (Lipinski definition) is 1. The van der Waals surface area contributed by atoms with Crippen molar-refractivity contribution in [3.63, 3.8) is 0 Å². The summed E-state index contributed by atoms with van der Waals surface area (Å²) in [5.74, 6) is -1.38. The van der Waals surface area contributed by atoms with Gasteiger partial charge in [-0.25, -0.2) is 15.0 Å². The number of carboxylic acid groups (broad SMARTS) is 1. The molecular weight excluding hydrogens is 260 g/mol. The third-order valence-electron chi connectivity index (χ3n) is 3.37. The quantitative estimate of drug-likeness (QED) is 0.862. The summed E-state index contributed by atoms with van der Waals surface area (Å²) in [6.07, 6.45) is 4.08. The summed E-state index contributed by atoms with van der Waals surface area (Å²) in [5.41, 5.74) is 0.654. The zero-order valence-electron chi connectivity index (χ0n) is 10.6. The monoisotopic (exact) mass is 272 g/mol. The molecule has 102 valence electrons. The highest BCUT2D eigenvalue weighted by molar-refractivity contribution is 5.75. The fourth-order valence-electron chi connectivity index (χ4n) is 2.40. The van der Waals surface area contributed by atoms with Gasteiger partial charge in [-0.15, -0.1) is 0 Å². The number of carboxylic acids is 1. The van der Waals surface area contributed by atoms with Gasteiger partial charge in [0.25, 0.3) is 5.56 Å². The molecule has 0 bridgehead atoms. The van der Waals surface area contributed by atoms with Gasteiger partial charge in [0.2, 0.25) is 0 Å². The van der Waals surface area contributed by atoms with Crippen LogP contribution in [0.15, 0.2) is 29.5 Å². The zero-order valence-corrected chi connectivity index (χ0v) is 10.6. The van der Waals surface area contributed by atoms with Gasteiger partial charge in [0, 0.05) is 18.8 Å². The van der Waals surface area contributed by atoms with Crippen molar-refractivity contribution in [3.05, 3.63) is 40.8 Å². The first-order chi connectivity index (χ1) is 9.66. The summed E-state index contributed by atoms with van der Waals surface area (Å²) < 4.78 is 1.44. The molecule has 0 saturated heterocycles. The van der Waals surface area contributed by atoms with Crippen LogP contribution in [0.4, 0.5) is 0 Å². The molecule has 1 aliphatic heterocycles. The van der Waals surface area contributed by atoms with E-state index in [1.54, 1.807) is 12.3 Å². The molecule has 0 aromatic carbocycles. The van der Waals surface area contributed by atoms with Gasteiger partial charge in [-0.3, -0.25) is 14.2 Å². The summed E-state index contributed by atoms with van der Waals surface area (Å²) in [7, 11) is 0. The molecule has 1 unspecified atom stereocenters. The second-order valence-corrected chi connectivity index (χ2v) is 4.62. The van der Waals surface area contributed by atoms with E-state index in [-0.39, 0.29) is 5.56 Å². The van der Waals surface area contributed by atoms with Crippen LogP contribution in [0.5, 0.6) is 0 Å². The van der Waals surface area contributed by atoms with E-state index in [1.807, 2.05) is 0 Å². The highest BCUT2D eigenvalue weighted by Crippen LogP contribution is 2.26. The predicted molar refractivity (Wildman–Crippen MR) is 69.1 cm³/mol. The molecule has 0 saturated carbocycles. The van der Waals surface area contributed by atoms with Crippen molar-refractivity contribution in [1.29, 1.82) is 0 Å². The minimum Gasteiger partial charge on any atom is -0.481 e. The molecule has 7 nitrogen and oxygen atoms in total. The second kappa shape index (κ2) is 4.84. The van der Waals surface area contributed by atoms with E-state index in [1.165, 1.54) is 17.0 Å². The van der Waals surface area contributed by atoms with E-state index < -0.39 is 11.9 Å². The van der Waals surface area contributed by atoms with E-state index in [9.17, 15) is 14.7 Å². The Morgan fingerprint density at radius 3 is 2.95 bits per heavy atom. The first-order valence-electron chi connectivity index (χ1n) is 6.28. The lowest BCUT2D eigenvalue weighted by Gasteiger charge is -2.23. The van der Waals surface area contributed by atoms with Crippen LogP contribution in [0.2, 0.25) is 0 Å². The van der Waals surface area contributed by atoms with Gasteiger partial charge in [0.15, 0.2) is 0 Å².